The van der Waals surface area contributed by atoms with E-state index in [4.69, 9.17) is 9.47 Å². The molecule has 0 aromatic heterocycles. The van der Waals surface area contributed by atoms with Crippen LogP contribution in [0, 0.1) is 0 Å². The van der Waals surface area contributed by atoms with Crippen molar-refractivity contribution in [1.29, 1.82) is 0 Å². The molecule has 2 fully saturated rings. The van der Waals surface area contributed by atoms with Crippen molar-refractivity contribution in [3.05, 3.63) is 18.2 Å². The van der Waals surface area contributed by atoms with Crippen LogP contribution in [-0.2, 0) is 19.6 Å². The Balaban J connectivity index is 1.75. The van der Waals surface area contributed by atoms with Crippen molar-refractivity contribution in [3.63, 3.8) is 0 Å². The normalized spacial score (nSPS) is 21.6. The SMILES string of the molecule is COc1ccc(NC(=O)CC2COCCN2)cc1S(=O)(=O)N1CCCCC1. The van der Waals surface area contributed by atoms with Gasteiger partial charge in [0, 0.05) is 37.8 Å². The molecule has 2 saturated heterocycles. The molecule has 2 aliphatic rings. The first-order chi connectivity index (χ1) is 13.0. The minimum Gasteiger partial charge on any atom is -0.495 e. The molecule has 0 spiro atoms. The summed E-state index contributed by atoms with van der Waals surface area (Å²) in [5.41, 5.74) is 0.438. The lowest BCUT2D eigenvalue weighted by molar-refractivity contribution is -0.117. The summed E-state index contributed by atoms with van der Waals surface area (Å²) in [5, 5.41) is 6.01. The second-order valence-electron chi connectivity index (χ2n) is 6.81. The number of hydrogen-bond donors (Lipinski definition) is 2. The summed E-state index contributed by atoms with van der Waals surface area (Å²) < 4.78 is 38.2. The number of sulfonamides is 1. The number of ether oxygens (including phenoxy) is 2. The lowest BCUT2D eigenvalue weighted by Gasteiger charge is -2.27. The van der Waals surface area contributed by atoms with Gasteiger partial charge in [-0.2, -0.15) is 4.31 Å². The molecule has 1 aromatic rings. The quantitative estimate of drug-likeness (QED) is 0.748. The van der Waals surface area contributed by atoms with E-state index < -0.39 is 10.0 Å². The number of benzene rings is 1. The van der Waals surface area contributed by atoms with Crippen LogP contribution in [0.1, 0.15) is 25.7 Å². The fourth-order valence-corrected chi connectivity index (χ4v) is 5.09. The highest BCUT2D eigenvalue weighted by Gasteiger charge is 2.29. The van der Waals surface area contributed by atoms with Crippen molar-refractivity contribution >= 4 is 21.6 Å². The summed E-state index contributed by atoms with van der Waals surface area (Å²) in [6.07, 6.45) is 3.02. The third-order valence-corrected chi connectivity index (χ3v) is 6.73. The van der Waals surface area contributed by atoms with E-state index in [0.717, 1.165) is 25.8 Å². The van der Waals surface area contributed by atoms with Gasteiger partial charge in [-0.15, -0.1) is 0 Å². The van der Waals surface area contributed by atoms with Crippen molar-refractivity contribution in [1.82, 2.24) is 9.62 Å². The third-order valence-electron chi connectivity index (χ3n) is 4.81. The highest BCUT2D eigenvalue weighted by molar-refractivity contribution is 7.89. The zero-order chi connectivity index (χ0) is 19.3. The third kappa shape index (κ3) is 4.98. The van der Waals surface area contributed by atoms with Gasteiger partial charge in [-0.25, -0.2) is 8.42 Å². The number of anilines is 1. The van der Waals surface area contributed by atoms with E-state index in [1.165, 1.54) is 17.5 Å². The van der Waals surface area contributed by atoms with Gasteiger partial charge in [0.25, 0.3) is 0 Å². The van der Waals surface area contributed by atoms with Gasteiger partial charge in [0.05, 0.1) is 20.3 Å². The van der Waals surface area contributed by atoms with Crippen LogP contribution in [0.25, 0.3) is 0 Å². The van der Waals surface area contributed by atoms with E-state index in [1.54, 1.807) is 12.1 Å². The highest BCUT2D eigenvalue weighted by Crippen LogP contribution is 2.31. The Hall–Kier alpha value is -1.68. The average Bonchev–Trinajstić information content (AvgIpc) is 2.69. The molecule has 1 atom stereocenters. The van der Waals surface area contributed by atoms with Gasteiger partial charge in [-0.05, 0) is 31.0 Å². The summed E-state index contributed by atoms with van der Waals surface area (Å²) in [4.78, 5) is 12.4. The monoisotopic (exact) mass is 397 g/mol. The van der Waals surface area contributed by atoms with Crippen LogP contribution in [0.5, 0.6) is 5.75 Å². The van der Waals surface area contributed by atoms with Crippen LogP contribution in [0.3, 0.4) is 0 Å². The predicted octanol–water partition coefficient (Wildman–Crippen LogP) is 1.19. The molecule has 8 nitrogen and oxygen atoms in total. The number of morpholine rings is 1. The second-order valence-corrected chi connectivity index (χ2v) is 8.72. The molecule has 0 bridgehead atoms. The van der Waals surface area contributed by atoms with Crippen LogP contribution in [0.4, 0.5) is 5.69 Å². The lowest BCUT2D eigenvalue weighted by Crippen LogP contribution is -2.43. The molecular weight excluding hydrogens is 370 g/mol. The van der Waals surface area contributed by atoms with Crippen molar-refractivity contribution in [3.8, 4) is 5.75 Å². The average molecular weight is 397 g/mol. The second kappa shape index (κ2) is 9.01. The van der Waals surface area contributed by atoms with Crippen molar-refractivity contribution in [2.24, 2.45) is 0 Å². The Labute approximate surface area is 160 Å². The molecule has 27 heavy (non-hydrogen) atoms. The number of amides is 1. The minimum absolute atomic E-state index is 0.0337. The molecule has 3 rings (SSSR count). The Morgan fingerprint density at radius 3 is 2.78 bits per heavy atom. The van der Waals surface area contributed by atoms with Gasteiger partial charge in [-0.1, -0.05) is 6.42 Å². The topological polar surface area (TPSA) is 97.0 Å². The van der Waals surface area contributed by atoms with Crippen molar-refractivity contribution in [2.75, 3.05) is 45.3 Å². The molecule has 0 aliphatic carbocycles. The molecule has 150 valence electrons. The van der Waals surface area contributed by atoms with Gasteiger partial charge in [0.2, 0.25) is 15.9 Å². The molecular formula is C18H27N3O5S. The maximum atomic E-state index is 13.0. The van der Waals surface area contributed by atoms with E-state index in [1.807, 2.05) is 0 Å². The summed E-state index contributed by atoms with van der Waals surface area (Å²) in [6.45, 7) is 2.88. The van der Waals surface area contributed by atoms with Crippen LogP contribution < -0.4 is 15.4 Å². The zero-order valence-electron chi connectivity index (χ0n) is 15.6. The Morgan fingerprint density at radius 2 is 2.11 bits per heavy atom. The number of nitrogens with zero attached hydrogens (tertiary/aromatic N) is 1. The smallest absolute Gasteiger partial charge is 0.246 e. The van der Waals surface area contributed by atoms with Crippen molar-refractivity contribution < 1.29 is 22.7 Å². The fraction of sp³-hybridized carbons (Fsp3) is 0.611. The molecule has 2 heterocycles. The van der Waals surface area contributed by atoms with E-state index in [9.17, 15) is 13.2 Å². The van der Waals surface area contributed by atoms with Crippen LogP contribution in [0.2, 0.25) is 0 Å². The molecule has 1 amide bonds. The maximum Gasteiger partial charge on any atom is 0.246 e. The molecule has 0 saturated carbocycles. The van der Waals surface area contributed by atoms with Gasteiger partial charge < -0.3 is 20.1 Å². The Bertz CT molecular complexity index is 756. The summed E-state index contributed by atoms with van der Waals surface area (Å²) in [6, 6.07) is 4.67. The molecule has 1 unspecified atom stereocenters. The number of carbonyl (C=O) groups excluding carboxylic acids is 1. The Kier molecular flexibility index (Phi) is 6.69. The largest absolute Gasteiger partial charge is 0.495 e. The minimum atomic E-state index is -3.67. The number of rotatable bonds is 6. The zero-order valence-corrected chi connectivity index (χ0v) is 16.4. The van der Waals surface area contributed by atoms with Gasteiger partial charge in [0.1, 0.15) is 10.6 Å². The standard InChI is InChI=1S/C18H27N3O5S/c1-25-16-6-5-14(20-18(22)12-15-13-26-10-7-19-15)11-17(16)27(23,24)21-8-3-2-4-9-21/h5-6,11,15,19H,2-4,7-10,12-13H2,1H3,(H,20,22). The van der Waals surface area contributed by atoms with Gasteiger partial charge >= 0.3 is 0 Å². The number of piperidine rings is 1. The molecule has 9 heteroatoms. The van der Waals surface area contributed by atoms with E-state index in [0.29, 0.717) is 32.0 Å². The molecule has 2 aliphatic heterocycles. The van der Waals surface area contributed by atoms with E-state index >= 15 is 0 Å². The van der Waals surface area contributed by atoms with Crippen LogP contribution in [-0.4, -0.2) is 64.6 Å². The first kappa shape index (κ1) is 20.1. The van der Waals surface area contributed by atoms with Gasteiger partial charge in [0.15, 0.2) is 0 Å². The Morgan fingerprint density at radius 1 is 1.33 bits per heavy atom. The number of methoxy groups -OCH3 is 1. The first-order valence-corrected chi connectivity index (χ1v) is 10.7. The lowest BCUT2D eigenvalue weighted by atomic mass is 10.2. The molecule has 2 N–H and O–H groups in total. The highest BCUT2D eigenvalue weighted by atomic mass is 32.2. The summed E-state index contributed by atoms with van der Waals surface area (Å²) in [5.74, 6) is 0.0883. The first-order valence-electron chi connectivity index (χ1n) is 9.30. The fourth-order valence-electron chi connectivity index (χ4n) is 3.39. The predicted molar refractivity (Wildman–Crippen MR) is 101 cm³/mol. The van der Waals surface area contributed by atoms with Crippen LogP contribution in [0.15, 0.2) is 23.1 Å². The number of carbonyl (C=O) groups is 1. The van der Waals surface area contributed by atoms with E-state index in [2.05, 4.69) is 10.6 Å². The summed E-state index contributed by atoms with van der Waals surface area (Å²) in [7, 11) is -2.22. The number of hydrogen-bond acceptors (Lipinski definition) is 6. The van der Waals surface area contributed by atoms with Crippen molar-refractivity contribution in [2.45, 2.75) is 36.6 Å². The van der Waals surface area contributed by atoms with Crippen LogP contribution >= 0.6 is 0 Å². The van der Waals surface area contributed by atoms with Gasteiger partial charge in [-0.3, -0.25) is 4.79 Å². The number of nitrogens with one attached hydrogen (secondary N) is 2. The molecule has 1 aromatic carbocycles. The molecule has 0 radical (unpaired) electrons. The maximum absolute atomic E-state index is 13.0. The summed E-state index contributed by atoms with van der Waals surface area (Å²) >= 11 is 0. The van der Waals surface area contributed by atoms with E-state index in [-0.39, 0.29) is 29.0 Å².